The molecule has 37 heavy (non-hydrogen) atoms. The lowest BCUT2D eigenvalue weighted by atomic mass is 10.1. The van der Waals surface area contributed by atoms with Crippen molar-refractivity contribution >= 4 is 68.5 Å². The summed E-state index contributed by atoms with van der Waals surface area (Å²) in [6, 6.07) is 20.5. The van der Waals surface area contributed by atoms with E-state index in [4.69, 9.17) is 33.3 Å². The van der Waals surface area contributed by atoms with Gasteiger partial charge in [-0.05, 0) is 78.3 Å². The number of methoxy groups -OCH3 is 1. The number of anilines is 1. The van der Waals surface area contributed by atoms with E-state index in [1.807, 2.05) is 54.6 Å². The number of rotatable bonds is 8. The number of esters is 1. The quantitative estimate of drug-likeness (QED) is 0.170. The van der Waals surface area contributed by atoms with Gasteiger partial charge in [0.2, 0.25) is 0 Å². The highest BCUT2D eigenvalue weighted by Crippen LogP contribution is 2.32. The average Bonchev–Trinajstić information content (AvgIpc) is 3.13. The zero-order chi connectivity index (χ0) is 26.5. The molecule has 4 rings (SSSR count). The van der Waals surface area contributed by atoms with Crippen LogP contribution in [-0.4, -0.2) is 35.5 Å². The molecule has 3 aromatic carbocycles. The van der Waals surface area contributed by atoms with Crippen LogP contribution < -0.4 is 9.64 Å². The van der Waals surface area contributed by atoms with Gasteiger partial charge in [0.15, 0.2) is 5.11 Å². The number of hydrogen-bond donors (Lipinski definition) is 0. The minimum absolute atomic E-state index is 0.199. The molecule has 0 aromatic heterocycles. The highest BCUT2D eigenvalue weighted by molar-refractivity contribution is 9.10. The van der Waals surface area contributed by atoms with Gasteiger partial charge in [-0.25, -0.2) is 0 Å². The summed E-state index contributed by atoms with van der Waals surface area (Å²) in [5, 5.41) is 0.845. The maximum absolute atomic E-state index is 13.7. The van der Waals surface area contributed by atoms with Gasteiger partial charge in [0, 0.05) is 15.1 Å². The Kier molecular flexibility index (Phi) is 8.63. The first-order chi connectivity index (χ1) is 17.8. The van der Waals surface area contributed by atoms with Crippen LogP contribution in [0.2, 0.25) is 5.02 Å². The topological polar surface area (TPSA) is 59.1 Å². The third-order valence-corrected chi connectivity index (χ3v) is 6.97. The Hall–Kier alpha value is -3.20. The van der Waals surface area contributed by atoms with Gasteiger partial charge < -0.3 is 14.4 Å². The van der Waals surface area contributed by atoms with Crippen molar-refractivity contribution in [1.82, 2.24) is 4.90 Å². The van der Waals surface area contributed by atoms with E-state index >= 15 is 0 Å². The highest BCUT2D eigenvalue weighted by Gasteiger charge is 2.40. The van der Waals surface area contributed by atoms with E-state index in [2.05, 4.69) is 22.9 Å². The van der Waals surface area contributed by atoms with Gasteiger partial charge in [0.1, 0.15) is 24.6 Å². The number of halogens is 2. The Morgan fingerprint density at radius 2 is 1.73 bits per heavy atom. The Labute approximate surface area is 234 Å². The number of thiocarbonyl (C=S) groups is 1. The Morgan fingerprint density at radius 1 is 1.05 bits per heavy atom. The van der Waals surface area contributed by atoms with Crippen LogP contribution in [0.1, 0.15) is 23.6 Å². The van der Waals surface area contributed by atoms with Crippen LogP contribution in [0.5, 0.6) is 5.75 Å². The fourth-order valence-electron chi connectivity index (χ4n) is 3.79. The van der Waals surface area contributed by atoms with Crippen LogP contribution in [0, 0.1) is 0 Å². The van der Waals surface area contributed by atoms with Crippen LogP contribution in [0.4, 0.5) is 5.69 Å². The van der Waals surface area contributed by atoms with Crippen LogP contribution in [-0.2, 0) is 27.4 Å². The molecule has 0 unspecified atom stereocenters. The summed E-state index contributed by atoms with van der Waals surface area (Å²) >= 11 is 15.1. The summed E-state index contributed by atoms with van der Waals surface area (Å²) in [6.07, 6.45) is 2.56. The van der Waals surface area contributed by atoms with Crippen molar-refractivity contribution < 1.29 is 19.1 Å². The molecular formula is C28H24BrClN2O4S. The molecule has 0 saturated carbocycles. The molecule has 0 bridgehead atoms. The summed E-state index contributed by atoms with van der Waals surface area (Å²) in [5.41, 5.74) is 3.59. The minimum Gasteiger partial charge on any atom is -0.488 e. The molecule has 0 spiro atoms. The number of ether oxygens (including phenoxy) is 2. The van der Waals surface area contributed by atoms with E-state index < -0.39 is 5.97 Å². The van der Waals surface area contributed by atoms with Gasteiger partial charge in [-0.2, -0.15) is 0 Å². The number of carbonyl (C=O) groups excluding carboxylic acids is 2. The number of benzene rings is 3. The smallest absolute Gasteiger partial charge is 0.325 e. The van der Waals surface area contributed by atoms with Crippen molar-refractivity contribution in [1.29, 1.82) is 0 Å². The molecular weight excluding hydrogens is 576 g/mol. The second kappa shape index (κ2) is 11.9. The molecule has 1 amide bonds. The van der Waals surface area contributed by atoms with Crippen molar-refractivity contribution in [3.63, 3.8) is 0 Å². The zero-order valence-electron chi connectivity index (χ0n) is 20.2. The number of carbonyl (C=O) groups is 2. The van der Waals surface area contributed by atoms with E-state index in [1.54, 1.807) is 18.2 Å². The molecule has 0 radical (unpaired) electrons. The van der Waals surface area contributed by atoms with Gasteiger partial charge in [-0.3, -0.25) is 14.5 Å². The predicted octanol–water partition coefficient (Wildman–Crippen LogP) is 6.39. The number of nitrogens with zero attached hydrogens (tertiary/aromatic N) is 2. The zero-order valence-corrected chi connectivity index (χ0v) is 23.4. The molecule has 1 heterocycles. The van der Waals surface area contributed by atoms with Crippen molar-refractivity contribution in [2.45, 2.75) is 20.0 Å². The van der Waals surface area contributed by atoms with Gasteiger partial charge in [0.25, 0.3) is 5.91 Å². The van der Waals surface area contributed by atoms with Gasteiger partial charge >= 0.3 is 5.97 Å². The Morgan fingerprint density at radius 3 is 2.38 bits per heavy atom. The first-order valence-electron chi connectivity index (χ1n) is 11.5. The maximum Gasteiger partial charge on any atom is 0.325 e. The highest BCUT2D eigenvalue weighted by atomic mass is 79.9. The largest absolute Gasteiger partial charge is 0.488 e. The van der Waals surface area contributed by atoms with Crippen molar-refractivity contribution in [2.24, 2.45) is 0 Å². The fourth-order valence-corrected chi connectivity index (χ4v) is 4.64. The van der Waals surface area contributed by atoms with Crippen LogP contribution in [0.3, 0.4) is 0 Å². The van der Waals surface area contributed by atoms with Crippen molar-refractivity contribution in [3.8, 4) is 5.75 Å². The molecule has 1 aliphatic heterocycles. The normalized spacial score (nSPS) is 14.4. The lowest BCUT2D eigenvalue weighted by Crippen LogP contribution is -2.35. The number of hydrogen-bond acceptors (Lipinski definition) is 5. The van der Waals surface area contributed by atoms with Crippen LogP contribution in [0.25, 0.3) is 6.08 Å². The SMILES string of the molecule is CCc1ccc(N2C(=O)/C(=C/c3cc(Br)ccc3OCc3ccc(Cl)cc3)N(CC(=O)OC)C2=S)cc1. The lowest BCUT2D eigenvalue weighted by Gasteiger charge is -2.19. The van der Waals surface area contributed by atoms with E-state index in [-0.39, 0.29) is 23.3 Å². The monoisotopic (exact) mass is 598 g/mol. The second-order valence-electron chi connectivity index (χ2n) is 8.23. The molecule has 6 nitrogen and oxygen atoms in total. The molecule has 0 atom stereocenters. The standard InChI is InChI=1S/C28H24BrClN2O4S/c1-3-18-6-11-23(12-7-18)32-27(34)24(31(28(32)37)16-26(33)35-2)15-20-14-21(29)8-13-25(20)36-17-19-4-9-22(30)10-5-19/h4-15H,3,16-17H2,1-2H3/b24-15-. The molecule has 1 fully saturated rings. The van der Waals surface area contributed by atoms with E-state index in [9.17, 15) is 9.59 Å². The van der Waals surface area contributed by atoms with Gasteiger partial charge in [0.05, 0.1) is 12.8 Å². The van der Waals surface area contributed by atoms with Crippen molar-refractivity contribution in [2.75, 3.05) is 18.6 Å². The molecule has 1 saturated heterocycles. The van der Waals surface area contributed by atoms with Crippen LogP contribution in [0.15, 0.2) is 76.9 Å². The van der Waals surface area contributed by atoms with Gasteiger partial charge in [-0.1, -0.05) is 58.7 Å². The molecule has 190 valence electrons. The molecule has 0 N–H and O–H groups in total. The van der Waals surface area contributed by atoms with E-state index in [0.717, 1.165) is 22.0 Å². The summed E-state index contributed by atoms with van der Waals surface area (Å²) in [6.45, 7) is 2.17. The molecule has 3 aromatic rings. The summed E-state index contributed by atoms with van der Waals surface area (Å²) in [7, 11) is 1.30. The van der Waals surface area contributed by atoms with Crippen molar-refractivity contribution in [3.05, 3.63) is 98.6 Å². The Bertz CT molecular complexity index is 1360. The molecule has 9 heteroatoms. The van der Waals surface area contributed by atoms with Crippen LogP contribution >= 0.6 is 39.7 Å². The number of aryl methyl sites for hydroxylation is 1. The van der Waals surface area contributed by atoms with E-state index in [1.165, 1.54) is 16.9 Å². The third-order valence-electron chi connectivity index (χ3n) is 5.82. The summed E-state index contributed by atoms with van der Waals surface area (Å²) in [4.78, 5) is 28.8. The second-order valence-corrected chi connectivity index (χ2v) is 9.95. The summed E-state index contributed by atoms with van der Waals surface area (Å²) < 4.78 is 11.8. The maximum atomic E-state index is 13.7. The first kappa shape index (κ1) is 26.9. The third kappa shape index (κ3) is 6.21. The first-order valence-corrected chi connectivity index (χ1v) is 13.1. The molecule has 1 aliphatic rings. The fraction of sp³-hybridized carbons (Fsp3) is 0.179. The minimum atomic E-state index is -0.516. The predicted molar refractivity (Wildman–Crippen MR) is 153 cm³/mol. The Balaban J connectivity index is 1.71. The van der Waals surface area contributed by atoms with Gasteiger partial charge in [-0.15, -0.1) is 0 Å². The molecule has 0 aliphatic carbocycles. The van der Waals surface area contributed by atoms with E-state index in [0.29, 0.717) is 28.6 Å². The lowest BCUT2D eigenvalue weighted by molar-refractivity contribution is -0.140. The summed E-state index contributed by atoms with van der Waals surface area (Å²) in [5.74, 6) is -0.299. The average molecular weight is 600 g/mol. The number of amides is 1.